The standard InChI is InChI=1S/C21H20ClN3O/c1-14-19(20(22)25(24-14)16-10-3-2-4-11-16)21(26)23-18-13-7-9-15-8-5-6-12-17(15)18/h2-4,7,9-11,13H,5-6,8,12H2,1H3,(H,23,26). The van der Waals surface area contributed by atoms with Crippen LogP contribution in [-0.2, 0) is 12.8 Å². The highest BCUT2D eigenvalue weighted by Gasteiger charge is 2.22. The minimum absolute atomic E-state index is 0.214. The van der Waals surface area contributed by atoms with Crippen LogP contribution in [0.15, 0.2) is 48.5 Å². The molecule has 4 nitrogen and oxygen atoms in total. The van der Waals surface area contributed by atoms with Crippen LogP contribution in [0.2, 0.25) is 5.15 Å². The number of halogens is 1. The van der Waals surface area contributed by atoms with Crippen molar-refractivity contribution in [3.8, 4) is 5.69 Å². The Kier molecular flexibility index (Phi) is 4.51. The van der Waals surface area contributed by atoms with Crippen LogP contribution in [0.25, 0.3) is 5.69 Å². The quantitative estimate of drug-likeness (QED) is 0.712. The Hall–Kier alpha value is -2.59. The molecule has 1 aliphatic carbocycles. The number of rotatable bonds is 3. The molecule has 0 saturated heterocycles. The molecule has 0 atom stereocenters. The average Bonchev–Trinajstić information content (AvgIpc) is 2.97. The number of fused-ring (bicyclic) bond motifs is 1. The van der Waals surface area contributed by atoms with Crippen LogP contribution in [0.5, 0.6) is 0 Å². The third-order valence-electron chi connectivity index (χ3n) is 4.88. The zero-order valence-corrected chi connectivity index (χ0v) is 15.4. The van der Waals surface area contributed by atoms with E-state index in [-0.39, 0.29) is 5.91 Å². The fourth-order valence-electron chi connectivity index (χ4n) is 3.58. The number of carbonyl (C=O) groups excluding carboxylic acids is 1. The van der Waals surface area contributed by atoms with Crippen molar-refractivity contribution in [2.24, 2.45) is 0 Å². The van der Waals surface area contributed by atoms with Crippen molar-refractivity contribution in [1.82, 2.24) is 9.78 Å². The summed E-state index contributed by atoms with van der Waals surface area (Å²) < 4.78 is 1.60. The molecule has 0 radical (unpaired) electrons. The Morgan fingerprint density at radius 2 is 1.85 bits per heavy atom. The molecule has 0 aliphatic heterocycles. The third-order valence-corrected chi connectivity index (χ3v) is 5.23. The molecule has 1 heterocycles. The number of aryl methyl sites for hydroxylation is 2. The lowest BCUT2D eigenvalue weighted by atomic mass is 9.90. The van der Waals surface area contributed by atoms with Crippen molar-refractivity contribution in [2.75, 3.05) is 5.32 Å². The van der Waals surface area contributed by atoms with Crippen molar-refractivity contribution in [2.45, 2.75) is 32.6 Å². The molecule has 4 rings (SSSR count). The van der Waals surface area contributed by atoms with Gasteiger partial charge in [0, 0.05) is 5.69 Å². The number of amides is 1. The summed E-state index contributed by atoms with van der Waals surface area (Å²) in [5.41, 5.74) is 5.32. The summed E-state index contributed by atoms with van der Waals surface area (Å²) in [6, 6.07) is 15.7. The zero-order valence-electron chi connectivity index (χ0n) is 14.6. The first-order chi connectivity index (χ1) is 12.6. The summed E-state index contributed by atoms with van der Waals surface area (Å²) in [6.07, 6.45) is 4.44. The summed E-state index contributed by atoms with van der Waals surface area (Å²) in [6.45, 7) is 1.81. The molecule has 0 fully saturated rings. The van der Waals surface area contributed by atoms with Crippen LogP contribution in [0, 0.1) is 6.92 Å². The fourth-order valence-corrected chi connectivity index (χ4v) is 3.94. The first kappa shape index (κ1) is 16.9. The van der Waals surface area contributed by atoms with Gasteiger partial charge in [0.2, 0.25) is 0 Å². The van der Waals surface area contributed by atoms with E-state index in [0.29, 0.717) is 16.4 Å². The van der Waals surface area contributed by atoms with Crippen molar-refractivity contribution in [3.05, 3.63) is 76.1 Å². The van der Waals surface area contributed by atoms with Crippen LogP contribution in [0.4, 0.5) is 5.69 Å². The number of hydrogen-bond donors (Lipinski definition) is 1. The Bertz CT molecular complexity index is 963. The van der Waals surface area contributed by atoms with Crippen LogP contribution in [0.3, 0.4) is 0 Å². The lowest BCUT2D eigenvalue weighted by Crippen LogP contribution is -2.16. The van der Waals surface area contributed by atoms with Crippen LogP contribution in [0.1, 0.15) is 40.0 Å². The summed E-state index contributed by atoms with van der Waals surface area (Å²) in [5, 5.41) is 7.84. The largest absolute Gasteiger partial charge is 0.322 e. The van der Waals surface area contributed by atoms with Crippen molar-refractivity contribution in [3.63, 3.8) is 0 Å². The molecule has 0 saturated carbocycles. The van der Waals surface area contributed by atoms with Crippen molar-refractivity contribution >= 4 is 23.2 Å². The van der Waals surface area contributed by atoms with Gasteiger partial charge in [0.1, 0.15) is 10.7 Å². The van der Waals surface area contributed by atoms with Crippen molar-refractivity contribution in [1.29, 1.82) is 0 Å². The predicted octanol–water partition coefficient (Wildman–Crippen LogP) is 4.97. The highest BCUT2D eigenvalue weighted by molar-refractivity contribution is 6.34. The summed E-state index contributed by atoms with van der Waals surface area (Å²) in [5.74, 6) is -0.214. The van der Waals surface area contributed by atoms with Gasteiger partial charge in [0.25, 0.3) is 5.91 Å². The summed E-state index contributed by atoms with van der Waals surface area (Å²) in [7, 11) is 0. The maximum atomic E-state index is 12.9. The maximum Gasteiger partial charge on any atom is 0.260 e. The van der Waals surface area contributed by atoms with E-state index >= 15 is 0 Å². The maximum absolute atomic E-state index is 12.9. The lowest BCUT2D eigenvalue weighted by molar-refractivity contribution is 0.102. The average molecular weight is 366 g/mol. The smallest absolute Gasteiger partial charge is 0.260 e. The minimum Gasteiger partial charge on any atom is -0.322 e. The zero-order chi connectivity index (χ0) is 18.1. The van der Waals surface area contributed by atoms with Gasteiger partial charge in [0.15, 0.2) is 0 Å². The van der Waals surface area contributed by atoms with Gasteiger partial charge >= 0.3 is 0 Å². The third kappa shape index (κ3) is 3.01. The second-order valence-electron chi connectivity index (χ2n) is 6.60. The van der Waals surface area contributed by atoms with Gasteiger partial charge in [-0.3, -0.25) is 4.79 Å². The van der Waals surface area contributed by atoms with E-state index in [1.807, 2.05) is 42.5 Å². The van der Waals surface area contributed by atoms with E-state index in [1.54, 1.807) is 11.6 Å². The Labute approximate surface area is 157 Å². The first-order valence-corrected chi connectivity index (χ1v) is 9.25. The van der Waals surface area contributed by atoms with Gasteiger partial charge < -0.3 is 5.32 Å². The molecule has 0 spiro atoms. The first-order valence-electron chi connectivity index (χ1n) is 8.88. The molecule has 1 aromatic heterocycles. The second-order valence-corrected chi connectivity index (χ2v) is 6.96. The molecule has 5 heteroatoms. The van der Waals surface area contributed by atoms with Gasteiger partial charge in [-0.2, -0.15) is 5.10 Å². The van der Waals surface area contributed by atoms with E-state index in [9.17, 15) is 4.79 Å². The van der Waals surface area contributed by atoms with Gasteiger partial charge in [0.05, 0.1) is 11.4 Å². The highest BCUT2D eigenvalue weighted by Crippen LogP contribution is 2.29. The molecule has 1 N–H and O–H groups in total. The molecule has 0 unspecified atom stereocenters. The van der Waals surface area contributed by atoms with Crippen LogP contribution >= 0.6 is 11.6 Å². The van der Waals surface area contributed by atoms with Crippen LogP contribution in [-0.4, -0.2) is 15.7 Å². The van der Waals surface area contributed by atoms with Crippen molar-refractivity contribution < 1.29 is 4.79 Å². The topological polar surface area (TPSA) is 46.9 Å². The lowest BCUT2D eigenvalue weighted by Gasteiger charge is -2.19. The second kappa shape index (κ2) is 6.96. The Morgan fingerprint density at radius 3 is 2.65 bits per heavy atom. The number of hydrogen-bond acceptors (Lipinski definition) is 2. The highest BCUT2D eigenvalue weighted by atomic mass is 35.5. The van der Waals surface area contributed by atoms with Gasteiger partial charge in [-0.05, 0) is 61.9 Å². The van der Waals surface area contributed by atoms with E-state index in [1.165, 1.54) is 17.5 Å². The SMILES string of the molecule is Cc1nn(-c2ccccc2)c(Cl)c1C(=O)Nc1cccc2c1CCCC2. The van der Waals surface area contributed by atoms with E-state index < -0.39 is 0 Å². The fraction of sp³-hybridized carbons (Fsp3) is 0.238. The van der Waals surface area contributed by atoms with Gasteiger partial charge in [-0.1, -0.05) is 41.9 Å². The normalized spacial score (nSPS) is 13.3. The number of para-hydroxylation sites is 1. The Morgan fingerprint density at radius 1 is 1.08 bits per heavy atom. The van der Waals surface area contributed by atoms with E-state index in [0.717, 1.165) is 30.6 Å². The summed E-state index contributed by atoms with van der Waals surface area (Å²) >= 11 is 6.51. The molecule has 1 aliphatic rings. The molecule has 1 amide bonds. The van der Waals surface area contributed by atoms with Gasteiger partial charge in [-0.15, -0.1) is 0 Å². The number of aromatic nitrogens is 2. The monoisotopic (exact) mass is 365 g/mol. The number of nitrogens with one attached hydrogen (secondary N) is 1. The number of nitrogens with zero attached hydrogens (tertiary/aromatic N) is 2. The molecule has 3 aromatic rings. The predicted molar refractivity (Wildman–Crippen MR) is 104 cm³/mol. The molecular weight excluding hydrogens is 346 g/mol. The number of anilines is 1. The van der Waals surface area contributed by atoms with Gasteiger partial charge in [-0.25, -0.2) is 4.68 Å². The molecule has 132 valence electrons. The molecular formula is C21H20ClN3O. The van der Waals surface area contributed by atoms with E-state index in [2.05, 4.69) is 16.5 Å². The molecule has 0 bridgehead atoms. The van der Waals surface area contributed by atoms with Crippen LogP contribution < -0.4 is 5.32 Å². The minimum atomic E-state index is -0.214. The van der Waals surface area contributed by atoms with E-state index in [4.69, 9.17) is 11.6 Å². The molecule has 2 aromatic carbocycles. The number of carbonyl (C=O) groups is 1. The molecule has 26 heavy (non-hydrogen) atoms. The summed E-state index contributed by atoms with van der Waals surface area (Å²) in [4.78, 5) is 12.9. The number of benzene rings is 2. The Balaban J connectivity index is 1.67.